The molecule has 7 heteroatoms. The molecule has 1 aliphatic heterocycles. The van der Waals surface area contributed by atoms with E-state index in [1.54, 1.807) is 6.07 Å². The molecule has 2 aromatic heterocycles. The summed E-state index contributed by atoms with van der Waals surface area (Å²) in [6.45, 7) is 6.62. The average Bonchev–Trinajstić information content (AvgIpc) is 3.07. The molecule has 1 saturated heterocycles. The number of hydrogen-bond donors (Lipinski definition) is 0. The van der Waals surface area contributed by atoms with Crippen LogP contribution in [0.15, 0.2) is 24.4 Å². The molecule has 0 bridgehead atoms. The molecule has 3 aromatic rings. The Hall–Kier alpha value is -1.43. The number of nitrogens with zero attached hydrogens (tertiary/aromatic N) is 4. The number of hydrogen-bond acceptors (Lipinski definition) is 5. The van der Waals surface area contributed by atoms with E-state index in [1.165, 1.54) is 11.7 Å². The highest BCUT2D eigenvalue weighted by molar-refractivity contribution is 7.00. The van der Waals surface area contributed by atoms with Gasteiger partial charge < -0.3 is 4.90 Å². The first kappa shape index (κ1) is 17.0. The van der Waals surface area contributed by atoms with Crippen molar-refractivity contribution in [3.63, 3.8) is 0 Å². The Bertz CT molecular complexity index is 928. The molecule has 1 fully saturated rings. The molecule has 0 aliphatic carbocycles. The topological polar surface area (TPSA) is 41.9 Å². The van der Waals surface area contributed by atoms with Crippen molar-refractivity contribution in [1.29, 1.82) is 0 Å². The molecule has 0 unspecified atom stereocenters. The van der Waals surface area contributed by atoms with Crippen molar-refractivity contribution in [3.8, 4) is 11.1 Å². The van der Waals surface area contributed by atoms with Gasteiger partial charge in [-0.3, -0.25) is 0 Å². The number of rotatable bonds is 2. The summed E-state index contributed by atoms with van der Waals surface area (Å²) in [5, 5.41) is 1.05. The third-order valence-corrected chi connectivity index (χ3v) is 6.28. The zero-order valence-electron chi connectivity index (χ0n) is 14.1. The Morgan fingerprint density at radius 2 is 1.76 bits per heavy atom. The number of anilines is 1. The van der Waals surface area contributed by atoms with Crippen LogP contribution in [0.3, 0.4) is 0 Å². The molecule has 0 radical (unpaired) electrons. The molecule has 0 spiro atoms. The summed E-state index contributed by atoms with van der Waals surface area (Å²) < 4.78 is 9.03. The van der Waals surface area contributed by atoms with Crippen molar-refractivity contribution in [2.75, 3.05) is 18.0 Å². The lowest BCUT2D eigenvalue weighted by atomic mass is 9.82. The SMILES string of the molecule is CC1(C)CCN(c2ncc(-c3cccc(Cl)c3Cl)c3nsnc23)CC1. The first-order valence-electron chi connectivity index (χ1n) is 8.27. The number of aromatic nitrogens is 3. The van der Waals surface area contributed by atoms with Gasteiger partial charge in [-0.2, -0.15) is 8.75 Å². The Balaban J connectivity index is 1.79. The molecule has 1 aromatic carbocycles. The Morgan fingerprint density at radius 3 is 2.52 bits per heavy atom. The fraction of sp³-hybridized carbons (Fsp3) is 0.389. The van der Waals surface area contributed by atoms with Gasteiger partial charge in [0.25, 0.3) is 0 Å². The molecule has 1 aliphatic rings. The van der Waals surface area contributed by atoms with Crippen molar-refractivity contribution < 1.29 is 0 Å². The molecule has 0 amide bonds. The maximum atomic E-state index is 6.40. The molecular weight excluding hydrogens is 375 g/mol. The highest BCUT2D eigenvalue weighted by Crippen LogP contribution is 2.39. The molecule has 25 heavy (non-hydrogen) atoms. The predicted octanol–water partition coefficient (Wildman–Crippen LogP) is 5.69. The van der Waals surface area contributed by atoms with Crippen molar-refractivity contribution in [2.24, 2.45) is 5.41 Å². The van der Waals surface area contributed by atoms with Crippen LogP contribution in [-0.2, 0) is 0 Å². The lowest BCUT2D eigenvalue weighted by Crippen LogP contribution is -2.37. The smallest absolute Gasteiger partial charge is 0.157 e. The van der Waals surface area contributed by atoms with E-state index in [2.05, 4.69) is 27.5 Å². The zero-order chi connectivity index (χ0) is 17.6. The van der Waals surface area contributed by atoms with E-state index in [0.717, 1.165) is 53.9 Å². The molecule has 130 valence electrons. The largest absolute Gasteiger partial charge is 0.355 e. The van der Waals surface area contributed by atoms with Gasteiger partial charge in [0.1, 0.15) is 11.0 Å². The van der Waals surface area contributed by atoms with Crippen LogP contribution in [-0.4, -0.2) is 26.8 Å². The van der Waals surface area contributed by atoms with E-state index in [-0.39, 0.29) is 0 Å². The van der Waals surface area contributed by atoms with Gasteiger partial charge in [-0.1, -0.05) is 49.2 Å². The van der Waals surface area contributed by atoms with Crippen LogP contribution in [0, 0.1) is 5.41 Å². The fourth-order valence-corrected chi connectivity index (χ4v) is 4.18. The summed E-state index contributed by atoms with van der Waals surface area (Å²) in [7, 11) is 0. The summed E-state index contributed by atoms with van der Waals surface area (Å²) in [5.74, 6) is 0.918. The van der Waals surface area contributed by atoms with E-state index in [0.29, 0.717) is 15.5 Å². The van der Waals surface area contributed by atoms with E-state index in [9.17, 15) is 0 Å². The van der Waals surface area contributed by atoms with Crippen LogP contribution in [0.4, 0.5) is 5.82 Å². The van der Waals surface area contributed by atoms with Crippen molar-refractivity contribution >= 4 is 51.8 Å². The Labute approximate surface area is 161 Å². The van der Waals surface area contributed by atoms with Crippen LogP contribution in [0.5, 0.6) is 0 Å². The lowest BCUT2D eigenvalue weighted by Gasteiger charge is -2.37. The number of halogens is 2. The van der Waals surface area contributed by atoms with Crippen LogP contribution >= 0.6 is 34.9 Å². The second-order valence-corrected chi connectivity index (χ2v) is 8.52. The van der Waals surface area contributed by atoms with E-state index in [4.69, 9.17) is 28.2 Å². The van der Waals surface area contributed by atoms with Gasteiger partial charge in [0, 0.05) is 30.4 Å². The van der Waals surface area contributed by atoms with Crippen LogP contribution in [0.2, 0.25) is 10.0 Å². The summed E-state index contributed by atoms with van der Waals surface area (Å²) in [5.41, 5.74) is 3.79. The molecule has 4 nitrogen and oxygen atoms in total. The van der Waals surface area contributed by atoms with Crippen LogP contribution in [0.1, 0.15) is 26.7 Å². The maximum Gasteiger partial charge on any atom is 0.157 e. The quantitative estimate of drug-likeness (QED) is 0.561. The number of piperidine rings is 1. The van der Waals surface area contributed by atoms with E-state index >= 15 is 0 Å². The second kappa shape index (κ2) is 6.38. The number of benzene rings is 1. The lowest BCUT2D eigenvalue weighted by molar-refractivity contribution is 0.279. The normalized spacial score (nSPS) is 17.2. The minimum absolute atomic E-state index is 0.393. The van der Waals surface area contributed by atoms with Gasteiger partial charge in [-0.25, -0.2) is 4.98 Å². The van der Waals surface area contributed by atoms with Gasteiger partial charge in [0.2, 0.25) is 0 Å². The molecule has 0 atom stereocenters. The van der Waals surface area contributed by atoms with Crippen LogP contribution < -0.4 is 4.90 Å². The third kappa shape index (κ3) is 3.09. The van der Waals surface area contributed by atoms with E-state index in [1.807, 2.05) is 18.3 Å². The number of fused-ring (bicyclic) bond motifs is 1. The molecule has 0 N–H and O–H groups in total. The molecule has 3 heterocycles. The van der Waals surface area contributed by atoms with E-state index < -0.39 is 0 Å². The van der Waals surface area contributed by atoms with Crippen LogP contribution in [0.25, 0.3) is 22.2 Å². The van der Waals surface area contributed by atoms with Gasteiger partial charge in [0.05, 0.1) is 21.8 Å². The second-order valence-electron chi connectivity index (χ2n) is 7.21. The summed E-state index contributed by atoms with van der Waals surface area (Å²) in [4.78, 5) is 7.04. The predicted molar refractivity (Wildman–Crippen MR) is 106 cm³/mol. The first-order chi connectivity index (χ1) is 12.0. The summed E-state index contributed by atoms with van der Waals surface area (Å²) in [6.07, 6.45) is 4.14. The number of pyridine rings is 1. The van der Waals surface area contributed by atoms with Crippen molar-refractivity contribution in [1.82, 2.24) is 13.7 Å². The zero-order valence-corrected chi connectivity index (χ0v) is 16.4. The highest BCUT2D eigenvalue weighted by Gasteiger charge is 2.28. The summed E-state index contributed by atoms with van der Waals surface area (Å²) >= 11 is 13.8. The van der Waals surface area contributed by atoms with Crippen molar-refractivity contribution in [3.05, 3.63) is 34.4 Å². The van der Waals surface area contributed by atoms with Gasteiger partial charge >= 0.3 is 0 Å². The molecule has 0 saturated carbocycles. The minimum atomic E-state index is 0.393. The minimum Gasteiger partial charge on any atom is -0.355 e. The third-order valence-electron chi connectivity index (χ3n) is 4.93. The molecule has 4 rings (SSSR count). The standard InChI is InChI=1S/C18H18Cl2N4S/c1-18(2)6-8-24(9-7-18)17-16-15(22-25-23-16)12(10-21-17)11-4-3-5-13(19)14(11)20/h3-5,10H,6-9H2,1-2H3. The fourth-order valence-electron chi connectivity index (χ4n) is 3.22. The Kier molecular flexibility index (Phi) is 4.34. The van der Waals surface area contributed by atoms with Gasteiger partial charge in [0.15, 0.2) is 5.82 Å². The van der Waals surface area contributed by atoms with Crippen molar-refractivity contribution in [2.45, 2.75) is 26.7 Å². The highest BCUT2D eigenvalue weighted by atomic mass is 35.5. The molecular formula is C18H18Cl2N4S. The summed E-state index contributed by atoms with van der Waals surface area (Å²) in [6, 6.07) is 5.60. The van der Waals surface area contributed by atoms with Gasteiger partial charge in [-0.15, -0.1) is 0 Å². The average molecular weight is 393 g/mol. The van der Waals surface area contributed by atoms with Gasteiger partial charge in [-0.05, 0) is 24.3 Å². The maximum absolute atomic E-state index is 6.40. The Morgan fingerprint density at radius 1 is 1.04 bits per heavy atom. The monoisotopic (exact) mass is 392 g/mol. The first-order valence-corrected chi connectivity index (χ1v) is 9.75.